The minimum atomic E-state index is -0.466. The number of thioether (sulfide) groups is 1. The van der Waals surface area contributed by atoms with Gasteiger partial charge in [0.25, 0.3) is 0 Å². The molecule has 2 aromatic carbocycles. The number of nitrogens with one attached hydrogen (secondary N) is 1. The highest BCUT2D eigenvalue weighted by molar-refractivity contribution is 8.01. The van der Waals surface area contributed by atoms with Gasteiger partial charge in [0.05, 0.1) is 10.9 Å². The second-order valence-corrected chi connectivity index (χ2v) is 8.22. The van der Waals surface area contributed by atoms with Crippen molar-refractivity contribution in [1.29, 1.82) is 0 Å². The minimum Gasteiger partial charge on any atom is -0.454 e. The van der Waals surface area contributed by atoms with Crippen molar-refractivity contribution in [3.63, 3.8) is 0 Å². The van der Waals surface area contributed by atoms with E-state index in [1.165, 1.54) is 11.8 Å². The molecular weight excluding hydrogens is 400 g/mol. The number of fused-ring (bicyclic) bond motifs is 2. The molecule has 1 unspecified atom stereocenters. The predicted molar refractivity (Wildman–Crippen MR) is 108 cm³/mol. The van der Waals surface area contributed by atoms with Crippen molar-refractivity contribution in [2.75, 3.05) is 18.7 Å². The van der Waals surface area contributed by atoms with Crippen LogP contribution in [0.4, 0.5) is 5.69 Å². The van der Waals surface area contributed by atoms with Gasteiger partial charge in [0, 0.05) is 29.4 Å². The lowest BCUT2D eigenvalue weighted by atomic mass is 10.1. The van der Waals surface area contributed by atoms with Crippen molar-refractivity contribution >= 4 is 40.9 Å². The standard InChI is InChI=1S/C20H19ClN2O4S/c1-2-23(10-12-3-5-15-16(7-12)27-11-26-15)19(24)9-18-20(25)22-14-8-13(21)4-6-17(14)28-18/h3-8,18H,2,9-11H2,1H3,(H,22,25). The minimum absolute atomic E-state index is 0.0646. The first-order chi connectivity index (χ1) is 13.5. The van der Waals surface area contributed by atoms with Crippen LogP contribution >= 0.6 is 23.4 Å². The molecule has 2 heterocycles. The van der Waals surface area contributed by atoms with Gasteiger partial charge in [-0.15, -0.1) is 11.8 Å². The molecule has 0 saturated carbocycles. The number of rotatable bonds is 5. The molecule has 2 aliphatic heterocycles. The summed E-state index contributed by atoms with van der Waals surface area (Å²) in [6.45, 7) is 3.15. The van der Waals surface area contributed by atoms with E-state index in [2.05, 4.69) is 5.32 Å². The van der Waals surface area contributed by atoms with E-state index in [4.69, 9.17) is 21.1 Å². The molecule has 2 amide bonds. The fourth-order valence-corrected chi connectivity index (χ4v) is 4.43. The Hall–Kier alpha value is -2.38. The van der Waals surface area contributed by atoms with E-state index >= 15 is 0 Å². The zero-order valence-corrected chi connectivity index (χ0v) is 16.8. The molecule has 1 N–H and O–H groups in total. The van der Waals surface area contributed by atoms with Gasteiger partial charge in [0.2, 0.25) is 18.6 Å². The summed E-state index contributed by atoms with van der Waals surface area (Å²) in [5, 5.41) is 2.94. The van der Waals surface area contributed by atoms with Crippen molar-refractivity contribution in [2.24, 2.45) is 0 Å². The fraction of sp³-hybridized carbons (Fsp3) is 0.300. The Bertz CT molecular complexity index is 936. The molecule has 0 spiro atoms. The molecule has 1 atom stereocenters. The second kappa shape index (κ2) is 7.93. The van der Waals surface area contributed by atoms with E-state index in [1.807, 2.05) is 31.2 Å². The Morgan fingerprint density at radius 3 is 2.89 bits per heavy atom. The molecule has 146 valence electrons. The lowest BCUT2D eigenvalue weighted by molar-refractivity contribution is -0.133. The second-order valence-electron chi connectivity index (χ2n) is 6.54. The number of hydrogen-bond acceptors (Lipinski definition) is 5. The lowest BCUT2D eigenvalue weighted by Crippen LogP contribution is -2.37. The van der Waals surface area contributed by atoms with Gasteiger partial charge in [0.1, 0.15) is 0 Å². The third-order valence-electron chi connectivity index (χ3n) is 4.67. The van der Waals surface area contributed by atoms with E-state index < -0.39 is 5.25 Å². The predicted octanol–water partition coefficient (Wildman–Crippen LogP) is 3.92. The summed E-state index contributed by atoms with van der Waals surface area (Å²) in [4.78, 5) is 27.9. The molecule has 0 aromatic heterocycles. The maximum absolute atomic E-state index is 12.8. The molecule has 28 heavy (non-hydrogen) atoms. The van der Waals surface area contributed by atoms with Crippen LogP contribution in [0.15, 0.2) is 41.3 Å². The monoisotopic (exact) mass is 418 g/mol. The zero-order chi connectivity index (χ0) is 19.7. The van der Waals surface area contributed by atoms with E-state index in [0.717, 1.165) is 10.5 Å². The number of carbonyl (C=O) groups excluding carboxylic acids is 2. The quantitative estimate of drug-likeness (QED) is 0.797. The van der Waals surface area contributed by atoms with Crippen LogP contribution in [0.25, 0.3) is 0 Å². The topological polar surface area (TPSA) is 67.9 Å². The SMILES string of the molecule is CCN(Cc1ccc2c(c1)OCO2)C(=O)CC1Sc2ccc(Cl)cc2NC1=O. The number of nitrogens with zero attached hydrogens (tertiary/aromatic N) is 1. The van der Waals surface area contributed by atoms with Gasteiger partial charge in [-0.2, -0.15) is 0 Å². The van der Waals surface area contributed by atoms with E-state index in [1.54, 1.807) is 17.0 Å². The maximum atomic E-state index is 12.8. The molecule has 0 fully saturated rings. The average molecular weight is 419 g/mol. The summed E-state index contributed by atoms with van der Waals surface area (Å²) < 4.78 is 10.7. The maximum Gasteiger partial charge on any atom is 0.238 e. The van der Waals surface area contributed by atoms with Crippen LogP contribution < -0.4 is 14.8 Å². The molecule has 0 radical (unpaired) electrons. The molecule has 0 bridgehead atoms. The van der Waals surface area contributed by atoms with Crippen LogP contribution in [-0.2, 0) is 16.1 Å². The lowest BCUT2D eigenvalue weighted by Gasteiger charge is -2.27. The summed E-state index contributed by atoms with van der Waals surface area (Å²) in [7, 11) is 0. The van der Waals surface area contributed by atoms with E-state index in [9.17, 15) is 9.59 Å². The number of halogens is 1. The van der Waals surface area contributed by atoms with Gasteiger partial charge in [-0.05, 0) is 42.8 Å². The van der Waals surface area contributed by atoms with Crippen LogP contribution in [0, 0.1) is 0 Å². The van der Waals surface area contributed by atoms with Crippen molar-refractivity contribution in [3.8, 4) is 11.5 Å². The van der Waals surface area contributed by atoms with Gasteiger partial charge >= 0.3 is 0 Å². The molecule has 0 aliphatic carbocycles. The normalized spacial score (nSPS) is 17.1. The Morgan fingerprint density at radius 2 is 2.07 bits per heavy atom. The number of carbonyl (C=O) groups is 2. The van der Waals surface area contributed by atoms with Gasteiger partial charge in [0.15, 0.2) is 11.5 Å². The third-order valence-corrected chi connectivity index (χ3v) is 6.18. The molecule has 8 heteroatoms. The van der Waals surface area contributed by atoms with Crippen molar-refractivity contribution in [3.05, 3.63) is 47.0 Å². The zero-order valence-electron chi connectivity index (χ0n) is 15.2. The van der Waals surface area contributed by atoms with Crippen LogP contribution in [0.5, 0.6) is 11.5 Å². The van der Waals surface area contributed by atoms with Crippen molar-refractivity contribution < 1.29 is 19.1 Å². The first kappa shape index (κ1) is 19.0. The molecule has 6 nitrogen and oxygen atoms in total. The molecule has 2 aromatic rings. The Morgan fingerprint density at radius 1 is 1.25 bits per heavy atom. The van der Waals surface area contributed by atoms with Gasteiger partial charge < -0.3 is 19.7 Å². The Kier molecular flexibility index (Phi) is 5.37. The number of hydrogen-bond donors (Lipinski definition) is 1. The summed E-state index contributed by atoms with van der Waals surface area (Å²) in [6.07, 6.45) is 0.136. The first-order valence-corrected chi connectivity index (χ1v) is 10.2. The van der Waals surface area contributed by atoms with Crippen LogP contribution in [0.3, 0.4) is 0 Å². The van der Waals surface area contributed by atoms with Gasteiger partial charge in [-0.1, -0.05) is 17.7 Å². The Labute approximate surface area is 172 Å². The van der Waals surface area contributed by atoms with Crippen LogP contribution in [0.2, 0.25) is 5.02 Å². The van der Waals surface area contributed by atoms with Crippen molar-refractivity contribution in [2.45, 2.75) is 30.0 Å². The summed E-state index contributed by atoms with van der Waals surface area (Å²) in [5.41, 5.74) is 1.65. The third kappa shape index (κ3) is 3.91. The highest BCUT2D eigenvalue weighted by atomic mass is 35.5. The fourth-order valence-electron chi connectivity index (χ4n) is 3.18. The summed E-state index contributed by atoms with van der Waals surface area (Å²) >= 11 is 7.38. The van der Waals surface area contributed by atoms with Crippen molar-refractivity contribution in [1.82, 2.24) is 4.90 Å². The number of benzene rings is 2. The Balaban J connectivity index is 1.43. The van der Waals surface area contributed by atoms with E-state index in [-0.39, 0.29) is 25.0 Å². The van der Waals surface area contributed by atoms with Gasteiger partial charge in [-0.3, -0.25) is 9.59 Å². The number of anilines is 1. The smallest absolute Gasteiger partial charge is 0.238 e. The number of ether oxygens (including phenoxy) is 2. The summed E-state index contributed by atoms with van der Waals surface area (Å²) in [5.74, 6) is 1.17. The largest absolute Gasteiger partial charge is 0.454 e. The number of amides is 2. The van der Waals surface area contributed by atoms with E-state index in [0.29, 0.717) is 35.3 Å². The molecule has 4 rings (SSSR count). The summed E-state index contributed by atoms with van der Waals surface area (Å²) in [6, 6.07) is 11.0. The highest BCUT2D eigenvalue weighted by Crippen LogP contribution is 2.38. The molecule has 0 saturated heterocycles. The average Bonchev–Trinajstić information content (AvgIpc) is 3.14. The first-order valence-electron chi connectivity index (χ1n) is 8.97. The molecule has 2 aliphatic rings. The van der Waals surface area contributed by atoms with Gasteiger partial charge in [-0.25, -0.2) is 0 Å². The molecular formula is C20H19ClN2O4S. The van der Waals surface area contributed by atoms with Crippen LogP contribution in [0.1, 0.15) is 18.9 Å². The highest BCUT2D eigenvalue weighted by Gasteiger charge is 2.30. The van der Waals surface area contributed by atoms with Crippen LogP contribution in [-0.4, -0.2) is 35.3 Å².